The molecule has 2 aliphatic heterocycles. The molecule has 4 aliphatic rings. The molecule has 0 amide bonds. The van der Waals surface area contributed by atoms with Crippen molar-refractivity contribution in [3.05, 3.63) is 18.7 Å². The van der Waals surface area contributed by atoms with Crippen molar-refractivity contribution in [3.63, 3.8) is 0 Å². The predicted octanol–water partition coefficient (Wildman–Crippen LogP) is 2.30. The van der Waals surface area contributed by atoms with Crippen LogP contribution in [-0.4, -0.2) is 59.3 Å². The molecule has 1 N–H and O–H groups in total. The molecule has 0 radical (unpaired) electrons. The first kappa shape index (κ1) is 16.6. The van der Waals surface area contributed by atoms with Gasteiger partial charge in [-0.05, 0) is 31.6 Å². The largest absolute Gasteiger partial charge is 0.377 e. The quantitative estimate of drug-likeness (QED) is 0.652. The molecule has 0 bridgehead atoms. The minimum Gasteiger partial charge on any atom is -0.377 e. The van der Waals surface area contributed by atoms with E-state index in [-0.39, 0.29) is 0 Å². The van der Waals surface area contributed by atoms with Crippen molar-refractivity contribution in [2.24, 2.45) is 22.2 Å². The summed E-state index contributed by atoms with van der Waals surface area (Å²) in [5.74, 6) is 2.43. The Hall–Kier alpha value is -1.56. The van der Waals surface area contributed by atoms with Gasteiger partial charge in [-0.1, -0.05) is 13.3 Å². The van der Waals surface area contributed by atoms with Crippen LogP contribution in [0.2, 0.25) is 0 Å². The third-order valence-electron chi connectivity index (χ3n) is 7.66. The molecule has 5 rings (SSSR count). The lowest BCUT2D eigenvalue weighted by molar-refractivity contribution is -0.171. The average molecular weight is 358 g/mol. The summed E-state index contributed by atoms with van der Waals surface area (Å²) in [4.78, 5) is 11.4. The summed E-state index contributed by atoms with van der Waals surface area (Å²) in [7, 11) is 1.93. The molecule has 142 valence electrons. The number of imidazole rings is 1. The molecule has 5 atom stereocenters. The van der Waals surface area contributed by atoms with Crippen LogP contribution in [0.15, 0.2) is 23.7 Å². The molecular formula is C20H31N5O. The number of aromatic nitrogens is 2. The lowest BCUT2D eigenvalue weighted by atomic mass is 9.46. The van der Waals surface area contributed by atoms with Crippen LogP contribution < -0.4 is 5.32 Å². The van der Waals surface area contributed by atoms with Crippen molar-refractivity contribution in [1.29, 1.82) is 0 Å². The minimum atomic E-state index is 0.393. The zero-order valence-corrected chi connectivity index (χ0v) is 16.0. The fourth-order valence-corrected chi connectivity index (χ4v) is 5.99. The molecule has 2 aliphatic carbocycles. The molecule has 6 heteroatoms. The van der Waals surface area contributed by atoms with Crippen molar-refractivity contribution < 1.29 is 4.74 Å². The molecule has 2 saturated heterocycles. The van der Waals surface area contributed by atoms with Gasteiger partial charge in [0.1, 0.15) is 0 Å². The molecule has 2 saturated carbocycles. The van der Waals surface area contributed by atoms with E-state index >= 15 is 0 Å². The maximum atomic E-state index is 6.08. The van der Waals surface area contributed by atoms with E-state index in [1.54, 1.807) is 0 Å². The van der Waals surface area contributed by atoms with Crippen molar-refractivity contribution in [1.82, 2.24) is 19.8 Å². The number of nitrogens with one attached hydrogen (secondary N) is 1. The van der Waals surface area contributed by atoms with Gasteiger partial charge in [0.05, 0.1) is 18.5 Å². The van der Waals surface area contributed by atoms with E-state index in [0.717, 1.165) is 25.7 Å². The van der Waals surface area contributed by atoms with E-state index in [4.69, 9.17) is 4.74 Å². The first-order valence-electron chi connectivity index (χ1n) is 10.3. The summed E-state index contributed by atoms with van der Waals surface area (Å²) < 4.78 is 8.34. The van der Waals surface area contributed by atoms with Gasteiger partial charge in [-0.15, -0.1) is 0 Å². The molecule has 5 unspecified atom stereocenters. The summed E-state index contributed by atoms with van der Waals surface area (Å²) >= 11 is 0. The van der Waals surface area contributed by atoms with Gasteiger partial charge in [-0.3, -0.25) is 4.99 Å². The van der Waals surface area contributed by atoms with Gasteiger partial charge < -0.3 is 19.5 Å². The van der Waals surface area contributed by atoms with Crippen LogP contribution in [-0.2, 0) is 4.74 Å². The summed E-state index contributed by atoms with van der Waals surface area (Å²) in [5.41, 5.74) is 0.393. The Morgan fingerprint density at radius 1 is 1.35 bits per heavy atom. The Bertz CT molecular complexity index is 668. The van der Waals surface area contributed by atoms with Gasteiger partial charge in [-0.25, -0.2) is 4.98 Å². The standard InChI is InChI=1S/C20H31N5O/c1-14-4-9-24(12-16(14)25-10-8-22-13-25)19(21-2)23-17-15-5-11-26-18(15)20(17)6-3-7-20/h8,10,13-18H,3-7,9,11-12H2,1-2H3,(H,21,23). The summed E-state index contributed by atoms with van der Waals surface area (Å²) in [6.45, 7) is 5.38. The fourth-order valence-electron chi connectivity index (χ4n) is 5.99. The van der Waals surface area contributed by atoms with Crippen LogP contribution in [0.4, 0.5) is 0 Å². The minimum absolute atomic E-state index is 0.393. The van der Waals surface area contributed by atoms with Crippen molar-refractivity contribution in [3.8, 4) is 0 Å². The third-order valence-corrected chi connectivity index (χ3v) is 7.66. The van der Waals surface area contributed by atoms with E-state index in [0.29, 0.717) is 35.4 Å². The topological polar surface area (TPSA) is 54.7 Å². The van der Waals surface area contributed by atoms with Gasteiger partial charge in [-0.2, -0.15) is 0 Å². The fraction of sp³-hybridized carbons (Fsp3) is 0.800. The Kier molecular flexibility index (Phi) is 3.99. The van der Waals surface area contributed by atoms with Crippen LogP contribution in [0.3, 0.4) is 0 Å². The van der Waals surface area contributed by atoms with E-state index < -0.39 is 0 Å². The van der Waals surface area contributed by atoms with Crippen molar-refractivity contribution in [2.75, 3.05) is 26.7 Å². The number of guanidine groups is 1. The zero-order valence-electron chi connectivity index (χ0n) is 16.0. The van der Waals surface area contributed by atoms with E-state index in [2.05, 4.69) is 37.9 Å². The second-order valence-electron chi connectivity index (χ2n) is 8.79. The number of likely N-dealkylation sites (tertiary alicyclic amines) is 1. The highest BCUT2D eigenvalue weighted by molar-refractivity contribution is 5.80. The second-order valence-corrected chi connectivity index (χ2v) is 8.79. The number of rotatable bonds is 2. The van der Waals surface area contributed by atoms with Crippen LogP contribution in [0.5, 0.6) is 0 Å². The molecular weight excluding hydrogens is 326 g/mol. The number of fused-ring (bicyclic) bond motifs is 2. The normalized spacial score (nSPS) is 38.6. The molecule has 0 aromatic carbocycles. The first-order chi connectivity index (χ1) is 12.7. The van der Waals surface area contributed by atoms with Gasteiger partial charge in [0.15, 0.2) is 5.96 Å². The smallest absolute Gasteiger partial charge is 0.193 e. The van der Waals surface area contributed by atoms with E-state index in [9.17, 15) is 0 Å². The van der Waals surface area contributed by atoms with Gasteiger partial charge in [0.25, 0.3) is 0 Å². The maximum absolute atomic E-state index is 6.08. The number of hydrogen-bond donors (Lipinski definition) is 1. The zero-order chi connectivity index (χ0) is 17.7. The van der Waals surface area contributed by atoms with Crippen molar-refractivity contribution in [2.45, 2.75) is 57.2 Å². The van der Waals surface area contributed by atoms with Gasteiger partial charge in [0, 0.05) is 56.5 Å². The molecule has 3 heterocycles. The van der Waals surface area contributed by atoms with Crippen LogP contribution in [0, 0.1) is 17.3 Å². The monoisotopic (exact) mass is 357 g/mol. The molecule has 1 aromatic rings. The predicted molar refractivity (Wildman–Crippen MR) is 101 cm³/mol. The van der Waals surface area contributed by atoms with E-state index in [1.165, 1.54) is 32.1 Å². The summed E-state index contributed by atoms with van der Waals surface area (Å²) in [6.07, 6.45) is 12.8. The average Bonchev–Trinajstić information content (AvgIpc) is 3.26. The van der Waals surface area contributed by atoms with E-state index in [1.807, 2.05) is 19.6 Å². The number of nitrogens with zero attached hydrogens (tertiary/aromatic N) is 4. The SMILES string of the molecule is CN=C(NC1C2CCOC2C12CCC2)N1CCC(C)C(n2ccnc2)C1. The highest BCUT2D eigenvalue weighted by atomic mass is 16.5. The highest BCUT2D eigenvalue weighted by Gasteiger charge is 2.66. The van der Waals surface area contributed by atoms with Crippen molar-refractivity contribution >= 4 is 5.96 Å². The second kappa shape index (κ2) is 6.25. The molecule has 6 nitrogen and oxygen atoms in total. The molecule has 4 fully saturated rings. The van der Waals surface area contributed by atoms with Gasteiger partial charge >= 0.3 is 0 Å². The van der Waals surface area contributed by atoms with Crippen LogP contribution >= 0.6 is 0 Å². The number of hydrogen-bond acceptors (Lipinski definition) is 3. The molecule has 1 aromatic heterocycles. The summed E-state index contributed by atoms with van der Waals surface area (Å²) in [5, 5.41) is 3.89. The van der Waals surface area contributed by atoms with Crippen LogP contribution in [0.25, 0.3) is 0 Å². The lowest BCUT2D eigenvalue weighted by Crippen LogP contribution is -2.72. The summed E-state index contributed by atoms with van der Waals surface area (Å²) in [6, 6.07) is 1.01. The lowest BCUT2D eigenvalue weighted by Gasteiger charge is -2.63. The molecule has 1 spiro atoms. The highest BCUT2D eigenvalue weighted by Crippen LogP contribution is 2.62. The number of piperidine rings is 1. The Morgan fingerprint density at radius 3 is 2.92 bits per heavy atom. The number of ether oxygens (including phenoxy) is 1. The van der Waals surface area contributed by atoms with Gasteiger partial charge in [0.2, 0.25) is 0 Å². The Labute approximate surface area is 156 Å². The number of aliphatic imine (C=N–C) groups is 1. The first-order valence-corrected chi connectivity index (χ1v) is 10.3. The van der Waals surface area contributed by atoms with Crippen LogP contribution in [0.1, 0.15) is 45.1 Å². The Balaban J connectivity index is 1.31. The third kappa shape index (κ3) is 2.34. The maximum Gasteiger partial charge on any atom is 0.193 e. The Morgan fingerprint density at radius 2 is 2.23 bits per heavy atom. The molecule has 26 heavy (non-hydrogen) atoms.